The van der Waals surface area contributed by atoms with Crippen molar-refractivity contribution in [3.8, 4) is 0 Å². The van der Waals surface area contributed by atoms with Gasteiger partial charge in [-0.3, -0.25) is 14.8 Å². The Morgan fingerprint density at radius 2 is 1.92 bits per heavy atom. The molecule has 0 aliphatic heterocycles. The van der Waals surface area contributed by atoms with E-state index < -0.39 is 0 Å². The Labute approximate surface area is 149 Å². The number of carbonyl (C=O) groups is 1. The zero-order valence-corrected chi connectivity index (χ0v) is 13.7. The number of carbonyl (C=O) groups excluding carboxylic acids is 1. The van der Waals surface area contributed by atoms with E-state index in [1.165, 1.54) is 0 Å². The van der Waals surface area contributed by atoms with Crippen molar-refractivity contribution in [3.63, 3.8) is 0 Å². The van der Waals surface area contributed by atoms with Crippen molar-refractivity contribution < 1.29 is 9.21 Å². The predicted molar refractivity (Wildman–Crippen MR) is 96.9 cm³/mol. The summed E-state index contributed by atoms with van der Waals surface area (Å²) in [6, 6.07) is 10.8. The summed E-state index contributed by atoms with van der Waals surface area (Å²) in [5.41, 5.74) is 2.58. The maximum Gasteiger partial charge on any atom is 0.270 e. The molecule has 128 valence electrons. The van der Waals surface area contributed by atoms with E-state index in [9.17, 15) is 4.79 Å². The first-order valence-corrected chi connectivity index (χ1v) is 8.02. The van der Waals surface area contributed by atoms with Crippen LogP contribution in [-0.2, 0) is 6.54 Å². The Bertz CT molecular complexity index is 1030. The molecule has 0 aliphatic carbocycles. The third kappa shape index (κ3) is 3.36. The number of hydrogen-bond donors (Lipinski definition) is 2. The molecule has 4 heterocycles. The molecule has 0 bridgehead atoms. The zero-order valence-electron chi connectivity index (χ0n) is 13.7. The van der Waals surface area contributed by atoms with Crippen LogP contribution in [0.25, 0.3) is 10.9 Å². The summed E-state index contributed by atoms with van der Waals surface area (Å²) in [5.74, 6) is 0.415. The lowest BCUT2D eigenvalue weighted by molar-refractivity contribution is 0.0943. The number of rotatable bonds is 5. The SMILES string of the molecule is O=C(NCc1ccco1)c1ccc2cncc(Nc3ccncc3)c2n1. The highest BCUT2D eigenvalue weighted by Gasteiger charge is 2.11. The Balaban J connectivity index is 1.61. The monoisotopic (exact) mass is 345 g/mol. The third-order valence-electron chi connectivity index (χ3n) is 3.79. The molecule has 0 atom stereocenters. The lowest BCUT2D eigenvalue weighted by Crippen LogP contribution is -2.23. The smallest absolute Gasteiger partial charge is 0.270 e. The van der Waals surface area contributed by atoms with E-state index in [0.29, 0.717) is 23.5 Å². The van der Waals surface area contributed by atoms with Crippen LogP contribution in [0.2, 0.25) is 0 Å². The Hall–Kier alpha value is -3.74. The molecule has 0 aromatic carbocycles. The number of aromatic nitrogens is 3. The first-order valence-electron chi connectivity index (χ1n) is 8.02. The van der Waals surface area contributed by atoms with Crippen molar-refractivity contribution >= 4 is 28.2 Å². The van der Waals surface area contributed by atoms with Crippen molar-refractivity contribution in [2.45, 2.75) is 6.54 Å². The second kappa shape index (κ2) is 7.02. The van der Waals surface area contributed by atoms with Gasteiger partial charge in [-0.25, -0.2) is 4.98 Å². The Kier molecular flexibility index (Phi) is 4.26. The molecule has 1 amide bonds. The molecule has 0 spiro atoms. The standard InChI is InChI=1S/C19H15N5O2/c25-19(22-11-15-2-1-9-26-15)16-4-3-13-10-21-12-17(18(13)24-16)23-14-5-7-20-8-6-14/h1-10,12H,11H2,(H,20,23)(H,22,25). The van der Waals surface area contributed by atoms with Crippen LogP contribution in [-0.4, -0.2) is 20.9 Å². The minimum atomic E-state index is -0.269. The number of pyridine rings is 3. The minimum absolute atomic E-state index is 0.269. The van der Waals surface area contributed by atoms with Crippen molar-refractivity contribution in [1.29, 1.82) is 0 Å². The maximum atomic E-state index is 12.4. The number of nitrogens with zero attached hydrogens (tertiary/aromatic N) is 3. The van der Waals surface area contributed by atoms with Gasteiger partial charge in [-0.15, -0.1) is 0 Å². The van der Waals surface area contributed by atoms with E-state index in [1.54, 1.807) is 49.2 Å². The number of furan rings is 1. The van der Waals surface area contributed by atoms with Crippen LogP contribution in [0.15, 0.2) is 71.9 Å². The summed E-state index contributed by atoms with van der Waals surface area (Å²) >= 11 is 0. The average molecular weight is 345 g/mol. The van der Waals surface area contributed by atoms with Crippen LogP contribution in [0.5, 0.6) is 0 Å². The number of fused-ring (bicyclic) bond motifs is 1. The van der Waals surface area contributed by atoms with Gasteiger partial charge in [-0.05, 0) is 36.4 Å². The fourth-order valence-electron chi connectivity index (χ4n) is 2.52. The molecule has 7 heteroatoms. The highest BCUT2D eigenvalue weighted by molar-refractivity contribution is 5.97. The van der Waals surface area contributed by atoms with Gasteiger partial charge in [0.25, 0.3) is 5.91 Å². The second-order valence-corrected chi connectivity index (χ2v) is 5.58. The molecular formula is C19H15N5O2. The summed E-state index contributed by atoms with van der Waals surface area (Å²) in [6.07, 6.45) is 8.36. The topological polar surface area (TPSA) is 92.9 Å². The zero-order chi connectivity index (χ0) is 17.8. The van der Waals surface area contributed by atoms with Gasteiger partial charge >= 0.3 is 0 Å². The summed E-state index contributed by atoms with van der Waals surface area (Å²) in [6.45, 7) is 0.310. The van der Waals surface area contributed by atoms with Gasteiger partial charge in [-0.2, -0.15) is 0 Å². The van der Waals surface area contributed by atoms with Crippen LogP contribution < -0.4 is 10.6 Å². The molecule has 4 aromatic rings. The lowest BCUT2D eigenvalue weighted by Gasteiger charge is -2.10. The van der Waals surface area contributed by atoms with Crippen LogP contribution in [0.1, 0.15) is 16.2 Å². The maximum absolute atomic E-state index is 12.4. The average Bonchev–Trinajstić information content (AvgIpc) is 3.20. The number of amides is 1. The van der Waals surface area contributed by atoms with Crippen molar-refractivity contribution in [1.82, 2.24) is 20.3 Å². The van der Waals surface area contributed by atoms with Gasteiger partial charge in [0.1, 0.15) is 11.5 Å². The molecule has 0 radical (unpaired) electrons. The molecule has 2 N–H and O–H groups in total. The second-order valence-electron chi connectivity index (χ2n) is 5.58. The van der Waals surface area contributed by atoms with E-state index in [2.05, 4.69) is 25.6 Å². The van der Waals surface area contributed by atoms with Crippen LogP contribution in [0.4, 0.5) is 11.4 Å². The number of nitrogens with one attached hydrogen (secondary N) is 2. The quantitative estimate of drug-likeness (QED) is 0.576. The van der Waals surface area contributed by atoms with E-state index in [0.717, 1.165) is 16.8 Å². The largest absolute Gasteiger partial charge is 0.467 e. The van der Waals surface area contributed by atoms with Gasteiger partial charge in [-0.1, -0.05) is 0 Å². The van der Waals surface area contributed by atoms with E-state index in [1.807, 2.05) is 18.2 Å². The molecule has 0 aliphatic rings. The van der Waals surface area contributed by atoms with Gasteiger partial charge in [0.15, 0.2) is 0 Å². The fourth-order valence-corrected chi connectivity index (χ4v) is 2.52. The highest BCUT2D eigenvalue weighted by atomic mass is 16.3. The van der Waals surface area contributed by atoms with Crippen molar-refractivity contribution in [3.05, 3.63) is 78.9 Å². The Morgan fingerprint density at radius 1 is 1.04 bits per heavy atom. The van der Waals surface area contributed by atoms with Crippen molar-refractivity contribution in [2.24, 2.45) is 0 Å². The predicted octanol–water partition coefficient (Wildman–Crippen LogP) is 3.29. The Morgan fingerprint density at radius 3 is 2.73 bits per heavy atom. The summed E-state index contributed by atoms with van der Waals surface area (Å²) < 4.78 is 5.22. The van der Waals surface area contributed by atoms with E-state index in [-0.39, 0.29) is 5.91 Å². The van der Waals surface area contributed by atoms with Crippen molar-refractivity contribution in [2.75, 3.05) is 5.32 Å². The molecule has 0 fully saturated rings. The van der Waals surface area contributed by atoms with Crippen LogP contribution in [0, 0.1) is 0 Å². The summed E-state index contributed by atoms with van der Waals surface area (Å²) in [7, 11) is 0. The number of hydrogen-bond acceptors (Lipinski definition) is 6. The van der Waals surface area contributed by atoms with Gasteiger partial charge in [0.05, 0.1) is 30.2 Å². The van der Waals surface area contributed by atoms with Crippen LogP contribution in [0.3, 0.4) is 0 Å². The molecule has 0 unspecified atom stereocenters. The molecule has 4 aromatic heterocycles. The van der Waals surface area contributed by atoms with Gasteiger partial charge in [0.2, 0.25) is 0 Å². The molecular weight excluding hydrogens is 330 g/mol. The third-order valence-corrected chi connectivity index (χ3v) is 3.79. The first kappa shape index (κ1) is 15.8. The first-order chi connectivity index (χ1) is 12.8. The number of anilines is 2. The molecule has 0 saturated heterocycles. The molecule has 0 saturated carbocycles. The van der Waals surface area contributed by atoms with E-state index in [4.69, 9.17) is 4.42 Å². The fraction of sp³-hybridized carbons (Fsp3) is 0.0526. The lowest BCUT2D eigenvalue weighted by atomic mass is 10.2. The normalized spacial score (nSPS) is 10.6. The van der Waals surface area contributed by atoms with E-state index >= 15 is 0 Å². The summed E-state index contributed by atoms with van der Waals surface area (Å²) in [5, 5.41) is 6.89. The highest BCUT2D eigenvalue weighted by Crippen LogP contribution is 2.23. The molecule has 26 heavy (non-hydrogen) atoms. The molecule has 4 rings (SSSR count). The van der Waals surface area contributed by atoms with Crippen LogP contribution >= 0.6 is 0 Å². The molecule has 7 nitrogen and oxygen atoms in total. The van der Waals surface area contributed by atoms with Gasteiger partial charge in [0, 0.05) is 29.7 Å². The summed E-state index contributed by atoms with van der Waals surface area (Å²) in [4.78, 5) is 25.1. The van der Waals surface area contributed by atoms with Gasteiger partial charge < -0.3 is 15.1 Å². The minimum Gasteiger partial charge on any atom is -0.467 e.